The topological polar surface area (TPSA) is 94.5 Å². The number of ether oxygens (including phenoxy) is 1. The molecule has 8 nitrogen and oxygen atoms in total. The van der Waals surface area contributed by atoms with Crippen LogP contribution in [0, 0.1) is 0 Å². The SMILES string of the molecule is COCC(=O)NCc1nc(-c2cccc(-c3cn4ccccc4n3)c2)no1. The first-order valence-corrected chi connectivity index (χ1v) is 8.36. The van der Waals surface area contributed by atoms with E-state index in [9.17, 15) is 4.79 Å². The number of rotatable bonds is 6. The Morgan fingerprint density at radius 2 is 2.07 bits per heavy atom. The molecule has 0 radical (unpaired) electrons. The number of nitrogens with one attached hydrogen (secondary N) is 1. The van der Waals surface area contributed by atoms with Crippen molar-refractivity contribution in [1.29, 1.82) is 0 Å². The Hall–Kier alpha value is -3.52. The van der Waals surface area contributed by atoms with Crippen molar-refractivity contribution in [2.24, 2.45) is 0 Å². The number of nitrogens with zero attached hydrogens (tertiary/aromatic N) is 4. The van der Waals surface area contributed by atoms with Crippen LogP contribution >= 0.6 is 0 Å². The number of fused-ring (bicyclic) bond motifs is 1. The number of hydrogen-bond acceptors (Lipinski definition) is 6. The van der Waals surface area contributed by atoms with Crippen molar-refractivity contribution in [3.8, 4) is 22.6 Å². The van der Waals surface area contributed by atoms with Gasteiger partial charge in [0, 0.05) is 30.6 Å². The molecule has 0 spiro atoms. The summed E-state index contributed by atoms with van der Waals surface area (Å²) in [6, 6.07) is 13.6. The molecule has 0 aliphatic carbocycles. The van der Waals surface area contributed by atoms with E-state index in [1.165, 1.54) is 7.11 Å². The monoisotopic (exact) mass is 363 g/mol. The summed E-state index contributed by atoms with van der Waals surface area (Å²) >= 11 is 0. The molecule has 27 heavy (non-hydrogen) atoms. The van der Waals surface area contributed by atoms with Gasteiger partial charge in [0.25, 0.3) is 0 Å². The zero-order valence-corrected chi connectivity index (χ0v) is 14.6. The summed E-state index contributed by atoms with van der Waals surface area (Å²) in [7, 11) is 1.46. The third-order valence-corrected chi connectivity index (χ3v) is 3.96. The lowest BCUT2D eigenvalue weighted by Gasteiger charge is -2.00. The van der Waals surface area contributed by atoms with Crippen LogP contribution in [0.1, 0.15) is 5.89 Å². The minimum atomic E-state index is -0.244. The highest BCUT2D eigenvalue weighted by Crippen LogP contribution is 2.24. The highest BCUT2D eigenvalue weighted by atomic mass is 16.5. The average Bonchev–Trinajstić information content (AvgIpc) is 3.34. The van der Waals surface area contributed by atoms with Crippen molar-refractivity contribution in [3.05, 3.63) is 60.7 Å². The van der Waals surface area contributed by atoms with E-state index in [0.717, 1.165) is 22.5 Å². The van der Waals surface area contributed by atoms with Crippen LogP contribution in [0.3, 0.4) is 0 Å². The van der Waals surface area contributed by atoms with Gasteiger partial charge < -0.3 is 19.0 Å². The first-order valence-electron chi connectivity index (χ1n) is 8.36. The maximum atomic E-state index is 11.4. The predicted octanol–water partition coefficient (Wildman–Crippen LogP) is 2.31. The van der Waals surface area contributed by atoms with Crippen LogP contribution in [0.25, 0.3) is 28.3 Å². The number of carbonyl (C=O) groups excluding carboxylic acids is 1. The Morgan fingerprint density at radius 1 is 1.19 bits per heavy atom. The van der Waals surface area contributed by atoms with Gasteiger partial charge in [-0.2, -0.15) is 4.98 Å². The molecule has 1 amide bonds. The van der Waals surface area contributed by atoms with Crippen LogP contribution in [0.5, 0.6) is 0 Å². The Kier molecular flexibility index (Phi) is 4.63. The van der Waals surface area contributed by atoms with Gasteiger partial charge in [0.2, 0.25) is 17.6 Å². The molecule has 0 unspecified atom stereocenters. The molecule has 0 aliphatic heterocycles. The van der Waals surface area contributed by atoms with Crippen LogP contribution in [-0.4, -0.2) is 39.1 Å². The molecule has 3 aromatic heterocycles. The quantitative estimate of drug-likeness (QED) is 0.565. The molecular weight excluding hydrogens is 346 g/mol. The summed E-state index contributed by atoms with van der Waals surface area (Å²) in [6.07, 6.45) is 3.93. The number of hydrogen-bond donors (Lipinski definition) is 1. The summed E-state index contributed by atoms with van der Waals surface area (Å²) in [4.78, 5) is 20.4. The van der Waals surface area contributed by atoms with Gasteiger partial charge in [-0.3, -0.25) is 4.79 Å². The fraction of sp³-hybridized carbons (Fsp3) is 0.158. The predicted molar refractivity (Wildman–Crippen MR) is 97.6 cm³/mol. The van der Waals surface area contributed by atoms with Crippen molar-refractivity contribution in [1.82, 2.24) is 24.8 Å². The number of imidazole rings is 1. The molecule has 3 heterocycles. The zero-order chi connectivity index (χ0) is 18.6. The van der Waals surface area contributed by atoms with Crippen molar-refractivity contribution in [3.63, 3.8) is 0 Å². The lowest BCUT2D eigenvalue weighted by Crippen LogP contribution is -2.26. The Labute approximate surface area is 154 Å². The molecule has 0 aliphatic rings. The number of amides is 1. The van der Waals surface area contributed by atoms with E-state index < -0.39 is 0 Å². The van der Waals surface area contributed by atoms with E-state index in [1.807, 2.05) is 59.3 Å². The van der Waals surface area contributed by atoms with Crippen LogP contribution in [0.4, 0.5) is 0 Å². The van der Waals surface area contributed by atoms with E-state index in [2.05, 4.69) is 20.4 Å². The first-order chi connectivity index (χ1) is 13.2. The van der Waals surface area contributed by atoms with E-state index in [0.29, 0.717) is 11.7 Å². The second-order valence-electron chi connectivity index (χ2n) is 5.89. The molecule has 0 saturated carbocycles. The van der Waals surface area contributed by atoms with Crippen molar-refractivity contribution in [2.45, 2.75) is 6.54 Å². The standard InChI is InChI=1S/C19H17N5O3/c1-26-12-17(25)20-10-18-22-19(23-27-18)14-6-4-5-13(9-14)15-11-24-8-3-2-7-16(24)21-15/h2-9,11H,10,12H2,1H3,(H,20,25). The van der Waals surface area contributed by atoms with Gasteiger partial charge in [0.05, 0.1) is 12.2 Å². The fourth-order valence-corrected chi connectivity index (χ4v) is 2.69. The first kappa shape index (κ1) is 16.9. The minimum Gasteiger partial charge on any atom is -0.375 e. The molecule has 4 rings (SSSR count). The molecule has 8 heteroatoms. The number of pyridine rings is 1. The summed E-state index contributed by atoms with van der Waals surface area (Å²) in [6.45, 7) is 0.142. The largest absolute Gasteiger partial charge is 0.375 e. The number of aromatic nitrogens is 4. The highest BCUT2D eigenvalue weighted by molar-refractivity contribution is 5.77. The van der Waals surface area contributed by atoms with E-state index in [4.69, 9.17) is 9.26 Å². The molecular formula is C19H17N5O3. The molecule has 1 aromatic carbocycles. The van der Waals surface area contributed by atoms with Crippen molar-refractivity contribution in [2.75, 3.05) is 13.7 Å². The normalized spacial score (nSPS) is 11.0. The minimum absolute atomic E-state index is 0.0119. The third kappa shape index (κ3) is 3.70. The average molecular weight is 363 g/mol. The van der Waals surface area contributed by atoms with Gasteiger partial charge in [-0.25, -0.2) is 4.98 Å². The van der Waals surface area contributed by atoms with E-state index in [1.54, 1.807) is 0 Å². The van der Waals surface area contributed by atoms with Crippen LogP contribution in [-0.2, 0) is 16.1 Å². The maximum Gasteiger partial charge on any atom is 0.246 e. The lowest BCUT2D eigenvalue weighted by molar-refractivity contribution is -0.125. The van der Waals surface area contributed by atoms with Crippen LogP contribution in [0.2, 0.25) is 0 Å². The van der Waals surface area contributed by atoms with Crippen molar-refractivity contribution >= 4 is 11.6 Å². The summed E-state index contributed by atoms with van der Waals surface area (Å²) in [5, 5.41) is 6.64. The smallest absolute Gasteiger partial charge is 0.246 e. The molecule has 0 atom stereocenters. The van der Waals surface area contributed by atoms with E-state index >= 15 is 0 Å². The van der Waals surface area contributed by atoms with Gasteiger partial charge in [-0.05, 0) is 18.2 Å². The molecule has 136 valence electrons. The second-order valence-corrected chi connectivity index (χ2v) is 5.89. The molecule has 0 bridgehead atoms. The molecule has 4 aromatic rings. The van der Waals surface area contributed by atoms with Gasteiger partial charge >= 0.3 is 0 Å². The van der Waals surface area contributed by atoms with Crippen molar-refractivity contribution < 1.29 is 14.1 Å². The van der Waals surface area contributed by atoms with Gasteiger partial charge in [0.15, 0.2) is 0 Å². The Morgan fingerprint density at radius 3 is 2.93 bits per heavy atom. The fourth-order valence-electron chi connectivity index (χ4n) is 2.69. The summed E-state index contributed by atoms with van der Waals surface area (Å²) in [5.74, 6) is 0.537. The van der Waals surface area contributed by atoms with Gasteiger partial charge in [-0.1, -0.05) is 29.4 Å². The maximum absolute atomic E-state index is 11.4. The van der Waals surface area contributed by atoms with Crippen LogP contribution in [0.15, 0.2) is 59.4 Å². The zero-order valence-electron chi connectivity index (χ0n) is 14.6. The second kappa shape index (κ2) is 7.38. The number of benzene rings is 1. The third-order valence-electron chi connectivity index (χ3n) is 3.96. The van der Waals surface area contributed by atoms with Gasteiger partial charge in [-0.15, -0.1) is 0 Å². The Balaban J connectivity index is 1.55. The van der Waals surface area contributed by atoms with E-state index in [-0.39, 0.29) is 19.1 Å². The molecule has 1 N–H and O–H groups in total. The summed E-state index contributed by atoms with van der Waals surface area (Å²) in [5.41, 5.74) is 3.50. The lowest BCUT2D eigenvalue weighted by atomic mass is 10.1. The Bertz CT molecular complexity index is 1050. The molecule has 0 fully saturated rings. The van der Waals surface area contributed by atoms with Crippen LogP contribution < -0.4 is 5.32 Å². The highest BCUT2D eigenvalue weighted by Gasteiger charge is 2.12. The number of carbonyl (C=O) groups is 1. The number of methoxy groups -OCH3 is 1. The summed E-state index contributed by atoms with van der Waals surface area (Å²) < 4.78 is 11.9. The van der Waals surface area contributed by atoms with Gasteiger partial charge in [0.1, 0.15) is 12.3 Å². The molecule has 0 saturated heterocycles.